The maximum absolute atomic E-state index is 10.8. The first kappa shape index (κ1) is 7.59. The van der Waals surface area contributed by atoms with Gasteiger partial charge in [0.05, 0.1) is 5.56 Å². The first-order valence-electron chi connectivity index (χ1n) is 2.94. The molecular formula is C6H5BN2O2. The van der Waals surface area contributed by atoms with E-state index in [1.165, 1.54) is 18.2 Å². The summed E-state index contributed by atoms with van der Waals surface area (Å²) in [6, 6.07) is 0. The van der Waals surface area contributed by atoms with Gasteiger partial charge in [0, 0.05) is 6.20 Å². The van der Waals surface area contributed by atoms with Crippen molar-refractivity contribution < 1.29 is 0 Å². The van der Waals surface area contributed by atoms with E-state index in [9.17, 15) is 9.59 Å². The standard InChI is InChI=1S/C6H5BN2O2/c7-2-1-4-3-8-6(11)9-5(4)10/h1-3H,(H2,8,9,10,11)/b2-1+. The molecule has 0 aromatic carbocycles. The van der Waals surface area contributed by atoms with Gasteiger partial charge in [0.15, 0.2) is 0 Å². The number of hydrogen-bond donors (Lipinski definition) is 2. The van der Waals surface area contributed by atoms with Crippen LogP contribution in [0, 0.1) is 0 Å². The summed E-state index contributed by atoms with van der Waals surface area (Å²) in [5, 5.41) is 0. The summed E-state index contributed by atoms with van der Waals surface area (Å²) in [5.74, 6) is 1.23. The van der Waals surface area contributed by atoms with Crippen molar-refractivity contribution in [3.8, 4) is 0 Å². The summed E-state index contributed by atoms with van der Waals surface area (Å²) in [7, 11) is 5.04. The van der Waals surface area contributed by atoms with Crippen molar-refractivity contribution in [1.82, 2.24) is 9.97 Å². The minimum Gasteiger partial charge on any atom is -0.314 e. The minimum atomic E-state index is -0.524. The quantitative estimate of drug-likeness (QED) is 0.512. The van der Waals surface area contributed by atoms with Crippen LogP contribution in [-0.2, 0) is 0 Å². The highest BCUT2D eigenvalue weighted by molar-refractivity contribution is 6.19. The van der Waals surface area contributed by atoms with E-state index in [1.54, 1.807) is 0 Å². The molecule has 1 aromatic rings. The van der Waals surface area contributed by atoms with Crippen LogP contribution in [0.25, 0.3) is 6.08 Å². The minimum absolute atomic E-state index is 0.326. The summed E-state index contributed by atoms with van der Waals surface area (Å²) in [6.45, 7) is 0. The molecule has 1 rings (SSSR count). The molecule has 0 amide bonds. The fraction of sp³-hybridized carbons (Fsp3) is 0. The third-order valence-corrected chi connectivity index (χ3v) is 1.12. The lowest BCUT2D eigenvalue weighted by Gasteiger charge is -1.87. The first-order valence-corrected chi connectivity index (χ1v) is 2.94. The van der Waals surface area contributed by atoms with E-state index < -0.39 is 11.2 Å². The van der Waals surface area contributed by atoms with Gasteiger partial charge in [-0.1, -0.05) is 6.08 Å². The molecule has 0 aliphatic heterocycles. The zero-order valence-corrected chi connectivity index (χ0v) is 5.63. The Bertz CT molecular complexity index is 377. The first-order chi connectivity index (χ1) is 5.24. The number of nitrogens with one attached hydrogen (secondary N) is 2. The SMILES string of the molecule is [B]/C=C/c1c[nH]c(=O)[nH]c1=O. The Kier molecular flexibility index (Phi) is 2.10. The van der Waals surface area contributed by atoms with Crippen molar-refractivity contribution >= 4 is 13.9 Å². The maximum Gasteiger partial charge on any atom is 0.325 e. The summed E-state index contributed by atoms with van der Waals surface area (Å²) < 4.78 is 0. The molecule has 0 saturated carbocycles. The molecule has 1 heterocycles. The number of aromatic amines is 2. The lowest BCUT2D eigenvalue weighted by molar-refractivity contribution is 1.03. The van der Waals surface area contributed by atoms with Gasteiger partial charge in [-0.05, 0) is 0 Å². The zero-order valence-electron chi connectivity index (χ0n) is 5.63. The van der Waals surface area contributed by atoms with Crippen molar-refractivity contribution in [1.29, 1.82) is 0 Å². The van der Waals surface area contributed by atoms with Gasteiger partial charge < -0.3 is 4.98 Å². The fourth-order valence-electron chi connectivity index (χ4n) is 0.648. The Labute approximate surface area is 63.4 Å². The van der Waals surface area contributed by atoms with E-state index in [2.05, 4.69) is 9.97 Å². The fourth-order valence-corrected chi connectivity index (χ4v) is 0.648. The third kappa shape index (κ3) is 1.70. The number of aromatic nitrogens is 2. The van der Waals surface area contributed by atoms with Gasteiger partial charge in [-0.2, -0.15) is 0 Å². The van der Waals surface area contributed by atoms with Gasteiger partial charge in [0.1, 0.15) is 7.85 Å². The van der Waals surface area contributed by atoms with Gasteiger partial charge in [0.2, 0.25) is 0 Å². The Morgan fingerprint density at radius 3 is 2.73 bits per heavy atom. The van der Waals surface area contributed by atoms with Crippen molar-refractivity contribution in [2.24, 2.45) is 0 Å². The normalized spacial score (nSPS) is 10.5. The molecule has 0 bridgehead atoms. The highest BCUT2D eigenvalue weighted by Gasteiger charge is 1.92. The van der Waals surface area contributed by atoms with Crippen molar-refractivity contribution in [3.63, 3.8) is 0 Å². The van der Waals surface area contributed by atoms with E-state index >= 15 is 0 Å². The van der Waals surface area contributed by atoms with Gasteiger partial charge in [-0.3, -0.25) is 9.78 Å². The molecule has 54 valence electrons. The molecule has 0 saturated heterocycles. The van der Waals surface area contributed by atoms with E-state index in [-0.39, 0.29) is 0 Å². The maximum atomic E-state index is 10.8. The second kappa shape index (κ2) is 3.05. The number of hydrogen-bond acceptors (Lipinski definition) is 2. The molecule has 1 aromatic heterocycles. The predicted octanol–water partition coefficient (Wildman–Crippen LogP) is -0.798. The van der Waals surface area contributed by atoms with Crippen LogP contribution < -0.4 is 11.2 Å². The van der Waals surface area contributed by atoms with Crippen LogP contribution in [0.1, 0.15) is 5.56 Å². The van der Waals surface area contributed by atoms with Crippen molar-refractivity contribution in [2.75, 3.05) is 0 Å². The van der Waals surface area contributed by atoms with Crippen LogP contribution in [0.3, 0.4) is 0 Å². The van der Waals surface area contributed by atoms with Gasteiger partial charge in [-0.15, -0.1) is 5.98 Å². The molecular weight excluding hydrogens is 143 g/mol. The molecule has 0 fully saturated rings. The molecule has 2 N–H and O–H groups in total. The summed E-state index contributed by atoms with van der Waals surface area (Å²) >= 11 is 0. The predicted molar refractivity (Wildman–Crippen MR) is 42.5 cm³/mol. The van der Waals surface area contributed by atoms with Crippen LogP contribution in [0.5, 0.6) is 0 Å². The Morgan fingerprint density at radius 1 is 1.45 bits per heavy atom. The average molecular weight is 148 g/mol. The molecule has 0 aliphatic carbocycles. The highest BCUT2D eigenvalue weighted by atomic mass is 16.2. The molecule has 0 unspecified atom stereocenters. The van der Waals surface area contributed by atoms with Gasteiger partial charge >= 0.3 is 5.69 Å². The van der Waals surface area contributed by atoms with Gasteiger partial charge in [-0.25, -0.2) is 4.79 Å². The summed E-state index contributed by atoms with van der Waals surface area (Å²) in [5.41, 5.74) is -0.647. The Balaban J connectivity index is 3.31. The Hall–Kier alpha value is -1.52. The molecule has 11 heavy (non-hydrogen) atoms. The Morgan fingerprint density at radius 2 is 2.18 bits per heavy atom. The second-order valence-electron chi connectivity index (χ2n) is 1.89. The summed E-state index contributed by atoms with van der Waals surface area (Å²) in [6.07, 6.45) is 2.69. The molecule has 5 heteroatoms. The molecule has 4 nitrogen and oxygen atoms in total. The molecule has 2 radical (unpaired) electrons. The lowest BCUT2D eigenvalue weighted by atomic mass is 10.1. The third-order valence-electron chi connectivity index (χ3n) is 1.12. The van der Waals surface area contributed by atoms with Crippen LogP contribution in [0.4, 0.5) is 0 Å². The van der Waals surface area contributed by atoms with E-state index in [1.807, 2.05) is 0 Å². The lowest BCUT2D eigenvalue weighted by Crippen LogP contribution is -2.22. The number of H-pyrrole nitrogens is 2. The topological polar surface area (TPSA) is 65.7 Å². The van der Waals surface area contributed by atoms with Crippen molar-refractivity contribution in [3.05, 3.63) is 38.6 Å². The average Bonchev–Trinajstić information content (AvgIpc) is 1.95. The second-order valence-corrected chi connectivity index (χ2v) is 1.89. The molecule has 0 atom stereocenters. The highest BCUT2D eigenvalue weighted by Crippen LogP contribution is 1.85. The smallest absolute Gasteiger partial charge is 0.314 e. The van der Waals surface area contributed by atoms with Crippen LogP contribution in [0.2, 0.25) is 0 Å². The summed E-state index contributed by atoms with van der Waals surface area (Å²) in [4.78, 5) is 25.7. The van der Waals surface area contributed by atoms with Crippen LogP contribution >= 0.6 is 0 Å². The van der Waals surface area contributed by atoms with Crippen LogP contribution in [0.15, 0.2) is 21.8 Å². The van der Waals surface area contributed by atoms with E-state index in [4.69, 9.17) is 7.85 Å². The van der Waals surface area contributed by atoms with Crippen LogP contribution in [-0.4, -0.2) is 17.8 Å². The van der Waals surface area contributed by atoms with E-state index in [0.29, 0.717) is 5.56 Å². The molecule has 0 aliphatic rings. The van der Waals surface area contributed by atoms with Crippen molar-refractivity contribution in [2.45, 2.75) is 0 Å². The monoisotopic (exact) mass is 148 g/mol. The zero-order chi connectivity index (χ0) is 8.27. The van der Waals surface area contributed by atoms with Gasteiger partial charge in [0.25, 0.3) is 5.56 Å². The molecule has 0 spiro atoms. The van der Waals surface area contributed by atoms with E-state index in [0.717, 1.165) is 0 Å². The number of rotatable bonds is 1. The largest absolute Gasteiger partial charge is 0.325 e.